The highest BCUT2D eigenvalue weighted by molar-refractivity contribution is 6.05. The van der Waals surface area contributed by atoms with Crippen LogP contribution in [0.15, 0.2) is 83.7 Å². The Morgan fingerprint density at radius 1 is 0.912 bits per heavy atom. The van der Waals surface area contributed by atoms with E-state index in [1.165, 1.54) is 4.68 Å². The number of carboxylic acid groups (broad SMARTS) is 1. The molecule has 34 heavy (non-hydrogen) atoms. The molecule has 0 amide bonds. The van der Waals surface area contributed by atoms with Gasteiger partial charge in [-0.3, -0.25) is 9.59 Å². The molecule has 5 rings (SSSR count). The van der Waals surface area contributed by atoms with Gasteiger partial charge in [0.25, 0.3) is 5.56 Å². The first-order valence-electron chi connectivity index (χ1n) is 11.0. The predicted molar refractivity (Wildman–Crippen MR) is 131 cm³/mol. The highest BCUT2D eigenvalue weighted by atomic mass is 16.5. The smallest absolute Gasteiger partial charge is 0.323 e. The Bertz CT molecular complexity index is 1570. The minimum Gasteiger partial charge on any atom is -0.492 e. The molecule has 5 aromatic rings. The van der Waals surface area contributed by atoms with E-state index in [-0.39, 0.29) is 25.3 Å². The molecule has 0 radical (unpaired) electrons. The molecule has 170 valence electrons. The van der Waals surface area contributed by atoms with Gasteiger partial charge < -0.3 is 14.4 Å². The molecule has 0 saturated heterocycles. The molecule has 3 aromatic carbocycles. The maximum absolute atomic E-state index is 13.2. The zero-order valence-corrected chi connectivity index (χ0v) is 18.6. The second-order valence-corrected chi connectivity index (χ2v) is 8.04. The summed E-state index contributed by atoms with van der Waals surface area (Å²) < 4.78 is 9.00. The highest BCUT2D eigenvalue weighted by Gasteiger charge is 2.21. The Labute approximate surface area is 195 Å². The first-order chi connectivity index (χ1) is 16.5. The summed E-state index contributed by atoms with van der Waals surface area (Å²) in [5, 5.41) is 16.4. The number of para-hydroxylation sites is 2. The molecular formula is C27H23N3O4. The third-order valence-corrected chi connectivity index (χ3v) is 5.94. The van der Waals surface area contributed by atoms with Gasteiger partial charge in [0.1, 0.15) is 24.6 Å². The summed E-state index contributed by atoms with van der Waals surface area (Å²) in [5.74, 6) is -0.194. The van der Waals surface area contributed by atoms with E-state index >= 15 is 0 Å². The molecule has 0 aliphatic rings. The van der Waals surface area contributed by atoms with Crippen LogP contribution in [0.5, 0.6) is 5.75 Å². The Hall–Kier alpha value is -4.39. The first-order valence-corrected chi connectivity index (χ1v) is 11.0. The number of fused-ring (bicyclic) bond motifs is 2. The van der Waals surface area contributed by atoms with E-state index in [1.54, 1.807) is 10.6 Å². The van der Waals surface area contributed by atoms with Crippen molar-refractivity contribution >= 4 is 27.6 Å². The molecule has 0 aliphatic heterocycles. The number of rotatable bonds is 7. The zero-order chi connectivity index (χ0) is 23.7. The van der Waals surface area contributed by atoms with Crippen LogP contribution in [0.4, 0.5) is 0 Å². The fraction of sp³-hybridized carbons (Fsp3) is 0.148. The number of carbonyl (C=O) groups is 1. The zero-order valence-electron chi connectivity index (χ0n) is 18.6. The van der Waals surface area contributed by atoms with E-state index in [2.05, 4.69) is 0 Å². The number of carboxylic acids is 1. The standard InChI is InChI=1S/C27H23N3O4/c1-18-25(22-13-7-8-14-23(22)29(18)17-24(31)32)26-20-11-5-6-12-21(20)27(33)30(28-26)15-16-34-19-9-3-2-4-10-19/h2-14H,15-17H2,1H3,(H,31,32). The molecule has 0 spiro atoms. The minimum atomic E-state index is -0.920. The molecule has 0 saturated carbocycles. The Kier molecular flexibility index (Phi) is 5.59. The first kappa shape index (κ1) is 21.5. The lowest BCUT2D eigenvalue weighted by atomic mass is 10.0. The molecule has 2 heterocycles. The van der Waals surface area contributed by atoms with E-state index in [1.807, 2.05) is 79.7 Å². The molecule has 7 nitrogen and oxygen atoms in total. The molecule has 0 fully saturated rings. The van der Waals surface area contributed by atoms with E-state index in [9.17, 15) is 14.7 Å². The third-order valence-electron chi connectivity index (χ3n) is 5.94. The third kappa shape index (κ3) is 3.81. The number of aliphatic carboxylic acids is 1. The SMILES string of the molecule is Cc1c(-c2nn(CCOc3ccccc3)c(=O)c3ccccc23)c2ccccc2n1CC(=O)O. The van der Waals surface area contributed by atoms with Crippen molar-refractivity contribution in [1.29, 1.82) is 0 Å². The van der Waals surface area contributed by atoms with Crippen LogP contribution < -0.4 is 10.3 Å². The molecule has 0 bridgehead atoms. The molecular weight excluding hydrogens is 430 g/mol. The second-order valence-electron chi connectivity index (χ2n) is 8.04. The number of benzene rings is 3. The second kappa shape index (κ2) is 8.86. The number of hydrogen-bond donors (Lipinski definition) is 1. The quantitative estimate of drug-likeness (QED) is 0.392. The summed E-state index contributed by atoms with van der Waals surface area (Å²) in [7, 11) is 0. The fourth-order valence-corrected chi connectivity index (χ4v) is 4.41. The van der Waals surface area contributed by atoms with Crippen molar-refractivity contribution in [2.45, 2.75) is 20.0 Å². The Morgan fingerprint density at radius 3 is 2.29 bits per heavy atom. The summed E-state index contributed by atoms with van der Waals surface area (Å²) in [6.07, 6.45) is 0. The van der Waals surface area contributed by atoms with Crippen molar-refractivity contribution in [3.63, 3.8) is 0 Å². The highest BCUT2D eigenvalue weighted by Crippen LogP contribution is 2.36. The minimum absolute atomic E-state index is 0.158. The van der Waals surface area contributed by atoms with Crippen molar-refractivity contribution in [3.8, 4) is 17.0 Å². The summed E-state index contributed by atoms with van der Waals surface area (Å²) in [6.45, 7) is 2.30. The van der Waals surface area contributed by atoms with Crippen LogP contribution in [0, 0.1) is 6.92 Å². The average Bonchev–Trinajstić information content (AvgIpc) is 3.12. The van der Waals surface area contributed by atoms with Gasteiger partial charge in [-0.15, -0.1) is 0 Å². The summed E-state index contributed by atoms with van der Waals surface area (Å²) in [4.78, 5) is 24.8. The normalized spacial score (nSPS) is 11.2. The summed E-state index contributed by atoms with van der Waals surface area (Å²) in [5.41, 5.74) is 2.88. The van der Waals surface area contributed by atoms with Crippen LogP contribution in [0.3, 0.4) is 0 Å². The van der Waals surface area contributed by atoms with Crippen LogP contribution in [-0.2, 0) is 17.9 Å². The number of ether oxygens (including phenoxy) is 1. The molecule has 0 atom stereocenters. The maximum atomic E-state index is 13.2. The molecule has 0 unspecified atom stereocenters. The lowest BCUT2D eigenvalue weighted by Crippen LogP contribution is -2.26. The van der Waals surface area contributed by atoms with Crippen LogP contribution in [0.25, 0.3) is 32.9 Å². The van der Waals surface area contributed by atoms with E-state index in [0.717, 1.165) is 33.3 Å². The number of hydrogen-bond acceptors (Lipinski definition) is 4. The topological polar surface area (TPSA) is 86.4 Å². The number of nitrogens with zero attached hydrogens (tertiary/aromatic N) is 3. The lowest BCUT2D eigenvalue weighted by molar-refractivity contribution is -0.137. The predicted octanol–water partition coefficient (Wildman–Crippen LogP) is 4.49. The van der Waals surface area contributed by atoms with Gasteiger partial charge in [-0.1, -0.05) is 54.6 Å². The van der Waals surface area contributed by atoms with Crippen molar-refractivity contribution in [3.05, 3.63) is 94.9 Å². The molecule has 0 aliphatic carbocycles. The van der Waals surface area contributed by atoms with E-state index in [4.69, 9.17) is 9.84 Å². The fourth-order valence-electron chi connectivity index (χ4n) is 4.41. The molecule has 2 aromatic heterocycles. The number of aromatic nitrogens is 3. The lowest BCUT2D eigenvalue weighted by Gasteiger charge is -2.13. The van der Waals surface area contributed by atoms with Crippen LogP contribution in [0.2, 0.25) is 0 Å². The van der Waals surface area contributed by atoms with E-state index < -0.39 is 5.97 Å². The van der Waals surface area contributed by atoms with Crippen molar-refractivity contribution in [2.75, 3.05) is 6.61 Å². The van der Waals surface area contributed by atoms with Gasteiger partial charge in [-0.05, 0) is 31.2 Å². The molecule has 7 heteroatoms. The van der Waals surface area contributed by atoms with Gasteiger partial charge in [-0.2, -0.15) is 5.10 Å². The van der Waals surface area contributed by atoms with Gasteiger partial charge in [0.05, 0.1) is 11.9 Å². The average molecular weight is 453 g/mol. The van der Waals surface area contributed by atoms with Crippen molar-refractivity contribution < 1.29 is 14.6 Å². The largest absolute Gasteiger partial charge is 0.492 e. The Morgan fingerprint density at radius 2 is 1.56 bits per heavy atom. The van der Waals surface area contributed by atoms with Crippen LogP contribution in [-0.4, -0.2) is 32.0 Å². The van der Waals surface area contributed by atoms with Gasteiger partial charge in [-0.25, -0.2) is 4.68 Å². The monoisotopic (exact) mass is 453 g/mol. The van der Waals surface area contributed by atoms with Crippen LogP contribution in [0.1, 0.15) is 5.69 Å². The molecule has 1 N–H and O–H groups in total. The van der Waals surface area contributed by atoms with Gasteiger partial charge in [0.2, 0.25) is 0 Å². The van der Waals surface area contributed by atoms with Crippen molar-refractivity contribution in [1.82, 2.24) is 14.3 Å². The van der Waals surface area contributed by atoms with Crippen LogP contribution >= 0.6 is 0 Å². The van der Waals surface area contributed by atoms with Gasteiger partial charge in [0.15, 0.2) is 0 Å². The maximum Gasteiger partial charge on any atom is 0.323 e. The summed E-state index contributed by atoms with van der Waals surface area (Å²) >= 11 is 0. The van der Waals surface area contributed by atoms with Gasteiger partial charge in [0, 0.05) is 27.5 Å². The summed E-state index contributed by atoms with van der Waals surface area (Å²) in [6, 6.07) is 24.5. The Balaban J connectivity index is 1.66. The van der Waals surface area contributed by atoms with E-state index in [0.29, 0.717) is 11.1 Å². The van der Waals surface area contributed by atoms with Crippen molar-refractivity contribution in [2.24, 2.45) is 0 Å². The van der Waals surface area contributed by atoms with Gasteiger partial charge >= 0.3 is 5.97 Å².